The molecule has 0 aromatic heterocycles. The van der Waals surface area contributed by atoms with Gasteiger partial charge in [0.15, 0.2) is 5.78 Å². The van der Waals surface area contributed by atoms with Gasteiger partial charge in [0, 0.05) is 16.9 Å². The van der Waals surface area contributed by atoms with Crippen LogP contribution in [0.5, 0.6) is 5.75 Å². The van der Waals surface area contributed by atoms with Crippen LogP contribution in [0.4, 0.5) is 0 Å². The Balaban J connectivity index is 1.88. The van der Waals surface area contributed by atoms with Crippen molar-refractivity contribution in [3.63, 3.8) is 0 Å². The summed E-state index contributed by atoms with van der Waals surface area (Å²) in [5.41, 5.74) is 1.56. The number of benzene rings is 2. The molecule has 0 spiro atoms. The van der Waals surface area contributed by atoms with E-state index < -0.39 is 5.97 Å². The summed E-state index contributed by atoms with van der Waals surface area (Å²) in [6, 6.07) is 14.8. The Morgan fingerprint density at radius 2 is 1.76 bits per heavy atom. The molecular weight excluding hydrogens is 336 g/mol. The van der Waals surface area contributed by atoms with E-state index in [1.807, 2.05) is 30.5 Å². The van der Waals surface area contributed by atoms with Gasteiger partial charge in [-0.1, -0.05) is 18.2 Å². The fourth-order valence-corrected chi connectivity index (χ4v) is 2.52. The summed E-state index contributed by atoms with van der Waals surface area (Å²) < 4.78 is 5.45. The largest absolute Gasteiger partial charge is 0.494 e. The molecule has 2 rings (SSSR count). The van der Waals surface area contributed by atoms with Crippen molar-refractivity contribution in [2.45, 2.75) is 17.7 Å². The minimum atomic E-state index is -0.834. The molecule has 0 bridgehead atoms. The molecule has 0 radical (unpaired) electrons. The number of thioether (sulfide) groups is 1. The van der Waals surface area contributed by atoms with Gasteiger partial charge in [0.05, 0.1) is 6.61 Å². The molecule has 2 aromatic carbocycles. The summed E-state index contributed by atoms with van der Waals surface area (Å²) in [4.78, 5) is 23.8. The van der Waals surface area contributed by atoms with E-state index in [1.165, 1.54) is 4.90 Å². The molecule has 0 heterocycles. The number of allylic oxidation sites excluding steroid dienone is 1. The van der Waals surface area contributed by atoms with Crippen molar-refractivity contribution in [3.8, 4) is 5.75 Å². The Labute approximate surface area is 151 Å². The molecule has 130 valence electrons. The summed E-state index contributed by atoms with van der Waals surface area (Å²) in [6.07, 6.45) is 5.90. The second-order valence-electron chi connectivity index (χ2n) is 5.34. The average Bonchev–Trinajstić information content (AvgIpc) is 2.64. The van der Waals surface area contributed by atoms with Gasteiger partial charge < -0.3 is 9.84 Å². The molecule has 25 heavy (non-hydrogen) atoms. The van der Waals surface area contributed by atoms with Gasteiger partial charge in [0.2, 0.25) is 0 Å². The number of ketones is 1. The van der Waals surface area contributed by atoms with Crippen molar-refractivity contribution in [1.82, 2.24) is 0 Å². The number of ether oxygens (including phenoxy) is 1. The molecule has 5 heteroatoms. The number of carbonyl (C=O) groups excluding carboxylic acids is 1. The minimum absolute atomic E-state index is 0.0774. The number of carboxylic acid groups (broad SMARTS) is 1. The van der Waals surface area contributed by atoms with Gasteiger partial charge in [-0.25, -0.2) is 0 Å². The van der Waals surface area contributed by atoms with E-state index in [0.717, 1.165) is 5.56 Å². The van der Waals surface area contributed by atoms with Crippen molar-refractivity contribution in [2.24, 2.45) is 0 Å². The third-order valence-corrected chi connectivity index (χ3v) is 4.23. The highest BCUT2D eigenvalue weighted by atomic mass is 32.2. The van der Waals surface area contributed by atoms with E-state index >= 15 is 0 Å². The molecule has 1 N–H and O–H groups in total. The van der Waals surface area contributed by atoms with Crippen LogP contribution in [0.1, 0.15) is 28.8 Å². The van der Waals surface area contributed by atoms with Crippen LogP contribution in [0.15, 0.2) is 59.5 Å². The van der Waals surface area contributed by atoms with Gasteiger partial charge in [-0.3, -0.25) is 9.59 Å². The van der Waals surface area contributed by atoms with E-state index in [-0.39, 0.29) is 12.2 Å². The summed E-state index contributed by atoms with van der Waals surface area (Å²) >= 11 is 1.68. The highest BCUT2D eigenvalue weighted by Gasteiger charge is 2.03. The summed E-state index contributed by atoms with van der Waals surface area (Å²) in [5.74, 6) is -0.288. The summed E-state index contributed by atoms with van der Waals surface area (Å²) in [7, 11) is 0. The van der Waals surface area contributed by atoms with E-state index in [4.69, 9.17) is 9.84 Å². The predicted molar refractivity (Wildman–Crippen MR) is 100 cm³/mol. The van der Waals surface area contributed by atoms with E-state index in [1.54, 1.807) is 48.2 Å². The first-order valence-electron chi connectivity index (χ1n) is 7.89. The van der Waals surface area contributed by atoms with Gasteiger partial charge in [0.1, 0.15) is 5.75 Å². The van der Waals surface area contributed by atoms with Crippen molar-refractivity contribution in [1.29, 1.82) is 0 Å². The molecular formula is C20H20O4S. The molecule has 4 nitrogen and oxygen atoms in total. The average molecular weight is 356 g/mol. The topological polar surface area (TPSA) is 63.6 Å². The molecule has 2 aromatic rings. The lowest BCUT2D eigenvalue weighted by molar-refractivity contribution is -0.137. The molecule has 0 aliphatic heterocycles. The van der Waals surface area contributed by atoms with Crippen molar-refractivity contribution in [3.05, 3.63) is 65.7 Å². The zero-order valence-electron chi connectivity index (χ0n) is 14.0. The van der Waals surface area contributed by atoms with Crippen LogP contribution in [0.3, 0.4) is 0 Å². The first-order valence-corrected chi connectivity index (χ1v) is 9.12. The van der Waals surface area contributed by atoms with Gasteiger partial charge in [-0.05, 0) is 60.7 Å². The normalized spacial score (nSPS) is 10.8. The molecule has 0 atom stereocenters. The van der Waals surface area contributed by atoms with Gasteiger partial charge in [-0.2, -0.15) is 0 Å². The summed E-state index contributed by atoms with van der Waals surface area (Å²) in [6.45, 7) is 0.339. The van der Waals surface area contributed by atoms with E-state index in [9.17, 15) is 9.59 Å². The van der Waals surface area contributed by atoms with Crippen molar-refractivity contribution >= 4 is 29.6 Å². The highest BCUT2D eigenvalue weighted by molar-refractivity contribution is 7.98. The first kappa shape index (κ1) is 18.8. The van der Waals surface area contributed by atoms with Crippen LogP contribution in [0.2, 0.25) is 0 Å². The zero-order chi connectivity index (χ0) is 18.1. The maximum atomic E-state index is 12.2. The van der Waals surface area contributed by atoms with Gasteiger partial charge in [0.25, 0.3) is 0 Å². The maximum absolute atomic E-state index is 12.2. The Kier molecular flexibility index (Phi) is 7.29. The van der Waals surface area contributed by atoms with Gasteiger partial charge >= 0.3 is 5.97 Å². The number of carbonyl (C=O) groups is 2. The fraction of sp³-hybridized carbons (Fsp3) is 0.200. The SMILES string of the molecule is CSc1ccc(/C=C/C(=O)c2ccc(OCCCC(=O)O)cc2)cc1. The molecule has 0 fully saturated rings. The smallest absolute Gasteiger partial charge is 0.303 e. The van der Waals surface area contributed by atoms with Crippen LogP contribution in [-0.2, 0) is 4.79 Å². The van der Waals surface area contributed by atoms with E-state index in [2.05, 4.69) is 0 Å². The number of hydrogen-bond donors (Lipinski definition) is 1. The maximum Gasteiger partial charge on any atom is 0.303 e. The molecule has 0 unspecified atom stereocenters. The lowest BCUT2D eigenvalue weighted by atomic mass is 10.1. The second-order valence-corrected chi connectivity index (χ2v) is 6.22. The van der Waals surface area contributed by atoms with Crippen molar-refractivity contribution in [2.75, 3.05) is 12.9 Å². The third-order valence-electron chi connectivity index (χ3n) is 3.49. The Bertz CT molecular complexity index is 733. The van der Waals surface area contributed by atoms with Crippen molar-refractivity contribution < 1.29 is 19.4 Å². The number of aliphatic carboxylic acids is 1. The fourth-order valence-electron chi connectivity index (χ4n) is 2.11. The van der Waals surface area contributed by atoms with Crippen LogP contribution < -0.4 is 4.74 Å². The Hall–Kier alpha value is -2.53. The van der Waals surface area contributed by atoms with Crippen LogP contribution in [-0.4, -0.2) is 29.7 Å². The molecule has 0 aliphatic carbocycles. The van der Waals surface area contributed by atoms with Crippen LogP contribution >= 0.6 is 11.8 Å². The molecule has 0 amide bonds. The zero-order valence-corrected chi connectivity index (χ0v) is 14.8. The number of rotatable bonds is 9. The molecule has 0 saturated carbocycles. The Morgan fingerprint density at radius 1 is 1.08 bits per heavy atom. The third kappa shape index (κ3) is 6.47. The Morgan fingerprint density at radius 3 is 2.36 bits per heavy atom. The second kappa shape index (κ2) is 9.69. The first-order chi connectivity index (χ1) is 12.1. The number of carboxylic acids is 1. The standard InChI is InChI=1S/C20H20O4S/c1-25-18-11-4-15(5-12-18)6-13-19(21)16-7-9-17(10-8-16)24-14-2-3-20(22)23/h4-13H,2-3,14H2,1H3,(H,22,23)/b13-6+. The quantitative estimate of drug-likeness (QED) is 0.309. The van der Waals surface area contributed by atoms with E-state index in [0.29, 0.717) is 24.3 Å². The molecule has 0 saturated heterocycles. The summed E-state index contributed by atoms with van der Waals surface area (Å²) in [5, 5.41) is 8.57. The lowest BCUT2D eigenvalue weighted by Gasteiger charge is -2.05. The minimum Gasteiger partial charge on any atom is -0.494 e. The lowest BCUT2D eigenvalue weighted by Crippen LogP contribution is -2.02. The monoisotopic (exact) mass is 356 g/mol. The van der Waals surface area contributed by atoms with Gasteiger partial charge in [-0.15, -0.1) is 11.8 Å². The van der Waals surface area contributed by atoms with Crippen LogP contribution in [0, 0.1) is 0 Å². The predicted octanol–water partition coefficient (Wildman–Crippen LogP) is 4.55. The number of hydrogen-bond acceptors (Lipinski definition) is 4. The highest BCUT2D eigenvalue weighted by Crippen LogP contribution is 2.17. The molecule has 0 aliphatic rings. The van der Waals surface area contributed by atoms with Crippen LogP contribution in [0.25, 0.3) is 6.08 Å².